The lowest BCUT2D eigenvalue weighted by molar-refractivity contribution is 0.141. The summed E-state index contributed by atoms with van der Waals surface area (Å²) in [5.41, 5.74) is 8.36. The number of benzene rings is 1. The van der Waals surface area contributed by atoms with Crippen molar-refractivity contribution in [2.24, 2.45) is 0 Å². The molecule has 3 aromatic rings. The maximum atomic E-state index is 5.98. The van der Waals surface area contributed by atoms with Crippen molar-refractivity contribution < 1.29 is 9.47 Å². The molecule has 0 bridgehead atoms. The molecule has 0 fully saturated rings. The largest absolute Gasteiger partial charge is 0.461 e. The molecule has 2 aromatic heterocycles. The standard InChI is InChI=1S/C16H19N5O2/c1-11(12-6-4-3-5-7-12)21-10-18-13-14(17)19-16(20-15(13)21)23-9-8-22-2/h3-7,10-11H,8-9H2,1-2H3,(H2,17,19,20). The second kappa shape index (κ2) is 6.62. The molecule has 120 valence electrons. The van der Waals surface area contributed by atoms with E-state index < -0.39 is 0 Å². The Hall–Kier alpha value is -2.67. The van der Waals surface area contributed by atoms with E-state index in [2.05, 4.69) is 34.0 Å². The number of nitrogen functional groups attached to an aromatic ring is 1. The molecular formula is C16H19N5O2. The van der Waals surface area contributed by atoms with Crippen LogP contribution in [0.15, 0.2) is 36.7 Å². The summed E-state index contributed by atoms with van der Waals surface area (Å²) in [7, 11) is 1.61. The van der Waals surface area contributed by atoms with Gasteiger partial charge in [0.15, 0.2) is 17.0 Å². The van der Waals surface area contributed by atoms with E-state index in [0.717, 1.165) is 5.56 Å². The van der Waals surface area contributed by atoms with Gasteiger partial charge in [0.25, 0.3) is 0 Å². The van der Waals surface area contributed by atoms with Gasteiger partial charge in [-0.1, -0.05) is 30.3 Å². The Kier molecular flexibility index (Phi) is 4.38. The van der Waals surface area contributed by atoms with Crippen molar-refractivity contribution in [2.75, 3.05) is 26.1 Å². The molecule has 0 saturated heterocycles. The molecule has 1 atom stereocenters. The van der Waals surface area contributed by atoms with Crippen LogP contribution in [-0.4, -0.2) is 39.8 Å². The zero-order valence-corrected chi connectivity index (χ0v) is 13.1. The van der Waals surface area contributed by atoms with E-state index in [1.165, 1.54) is 0 Å². The van der Waals surface area contributed by atoms with E-state index in [4.69, 9.17) is 15.2 Å². The number of aromatic nitrogens is 4. The summed E-state index contributed by atoms with van der Waals surface area (Å²) in [6.07, 6.45) is 1.73. The Balaban J connectivity index is 1.98. The van der Waals surface area contributed by atoms with E-state index in [9.17, 15) is 0 Å². The van der Waals surface area contributed by atoms with Crippen LogP contribution in [0.4, 0.5) is 5.82 Å². The smallest absolute Gasteiger partial charge is 0.320 e. The molecule has 0 saturated carbocycles. The Labute approximate surface area is 134 Å². The van der Waals surface area contributed by atoms with Crippen LogP contribution in [0.3, 0.4) is 0 Å². The first-order chi connectivity index (χ1) is 11.2. The molecule has 7 heteroatoms. The number of ether oxygens (including phenoxy) is 2. The number of hydrogen-bond acceptors (Lipinski definition) is 6. The SMILES string of the molecule is COCCOc1nc(N)c2ncn(C(C)c3ccccc3)c2n1. The number of nitrogens with two attached hydrogens (primary N) is 1. The summed E-state index contributed by atoms with van der Waals surface area (Å²) in [6, 6.07) is 10.4. The number of imidazole rings is 1. The average Bonchev–Trinajstić information content (AvgIpc) is 3.00. The van der Waals surface area contributed by atoms with Crippen molar-refractivity contribution in [3.8, 4) is 6.01 Å². The number of hydrogen-bond donors (Lipinski definition) is 1. The third-order valence-electron chi connectivity index (χ3n) is 3.65. The molecule has 0 radical (unpaired) electrons. The van der Waals surface area contributed by atoms with Gasteiger partial charge in [-0.2, -0.15) is 9.97 Å². The molecule has 0 aliphatic carbocycles. The first kappa shape index (κ1) is 15.2. The molecule has 0 spiro atoms. The zero-order valence-electron chi connectivity index (χ0n) is 13.1. The minimum atomic E-state index is 0.0716. The summed E-state index contributed by atoms with van der Waals surface area (Å²) in [5, 5.41) is 0. The third kappa shape index (κ3) is 3.09. The number of fused-ring (bicyclic) bond motifs is 1. The number of nitrogens with zero attached hydrogens (tertiary/aromatic N) is 4. The number of methoxy groups -OCH3 is 1. The van der Waals surface area contributed by atoms with Gasteiger partial charge in [0.1, 0.15) is 6.61 Å². The quantitative estimate of drug-likeness (QED) is 0.701. The van der Waals surface area contributed by atoms with Gasteiger partial charge in [-0.25, -0.2) is 4.98 Å². The Morgan fingerprint density at radius 3 is 2.70 bits per heavy atom. The topological polar surface area (TPSA) is 88.1 Å². The van der Waals surface area contributed by atoms with Crippen molar-refractivity contribution in [1.82, 2.24) is 19.5 Å². The van der Waals surface area contributed by atoms with Crippen LogP contribution in [-0.2, 0) is 4.74 Å². The molecule has 2 N–H and O–H groups in total. The van der Waals surface area contributed by atoms with Crippen LogP contribution >= 0.6 is 0 Å². The fourth-order valence-corrected chi connectivity index (χ4v) is 2.37. The van der Waals surface area contributed by atoms with Crippen LogP contribution in [0.2, 0.25) is 0 Å². The lowest BCUT2D eigenvalue weighted by atomic mass is 10.1. The summed E-state index contributed by atoms with van der Waals surface area (Å²) in [5.74, 6) is 0.307. The number of anilines is 1. The highest BCUT2D eigenvalue weighted by Gasteiger charge is 2.16. The maximum absolute atomic E-state index is 5.98. The lowest BCUT2D eigenvalue weighted by Gasteiger charge is -2.14. The molecule has 0 amide bonds. The number of rotatable bonds is 6. The van der Waals surface area contributed by atoms with Crippen LogP contribution in [0, 0.1) is 0 Å². The fourth-order valence-electron chi connectivity index (χ4n) is 2.37. The molecule has 23 heavy (non-hydrogen) atoms. The van der Waals surface area contributed by atoms with E-state index in [0.29, 0.717) is 30.2 Å². The van der Waals surface area contributed by atoms with Crippen molar-refractivity contribution >= 4 is 17.0 Å². The predicted octanol–water partition coefficient (Wildman–Crippen LogP) is 2.04. The highest BCUT2D eigenvalue weighted by atomic mass is 16.5. The van der Waals surface area contributed by atoms with Crippen molar-refractivity contribution in [3.05, 3.63) is 42.2 Å². The fraction of sp³-hybridized carbons (Fsp3) is 0.312. The van der Waals surface area contributed by atoms with Crippen LogP contribution in [0.1, 0.15) is 18.5 Å². The van der Waals surface area contributed by atoms with Crippen LogP contribution < -0.4 is 10.5 Å². The minimum absolute atomic E-state index is 0.0716. The normalized spacial score (nSPS) is 12.4. The molecule has 0 aliphatic rings. The second-order valence-corrected chi connectivity index (χ2v) is 5.14. The van der Waals surface area contributed by atoms with Crippen LogP contribution in [0.25, 0.3) is 11.2 Å². The van der Waals surface area contributed by atoms with Crippen molar-refractivity contribution in [1.29, 1.82) is 0 Å². The predicted molar refractivity (Wildman–Crippen MR) is 87.4 cm³/mol. The summed E-state index contributed by atoms with van der Waals surface area (Å²) >= 11 is 0. The van der Waals surface area contributed by atoms with Crippen molar-refractivity contribution in [2.45, 2.75) is 13.0 Å². The highest BCUT2D eigenvalue weighted by Crippen LogP contribution is 2.25. The van der Waals surface area contributed by atoms with Gasteiger partial charge in [0.05, 0.1) is 19.0 Å². The first-order valence-corrected chi connectivity index (χ1v) is 7.37. The molecular weight excluding hydrogens is 294 g/mol. The van der Waals surface area contributed by atoms with E-state index >= 15 is 0 Å². The maximum Gasteiger partial charge on any atom is 0.320 e. The van der Waals surface area contributed by atoms with Gasteiger partial charge in [0.2, 0.25) is 0 Å². The Morgan fingerprint density at radius 2 is 1.96 bits per heavy atom. The molecule has 7 nitrogen and oxygen atoms in total. The van der Waals surface area contributed by atoms with E-state index in [-0.39, 0.29) is 12.1 Å². The zero-order chi connectivity index (χ0) is 16.2. The van der Waals surface area contributed by atoms with Crippen LogP contribution in [0.5, 0.6) is 6.01 Å². The van der Waals surface area contributed by atoms with Gasteiger partial charge in [-0.05, 0) is 12.5 Å². The summed E-state index contributed by atoms with van der Waals surface area (Å²) in [4.78, 5) is 12.9. The van der Waals surface area contributed by atoms with Crippen molar-refractivity contribution in [3.63, 3.8) is 0 Å². The Morgan fingerprint density at radius 1 is 1.17 bits per heavy atom. The summed E-state index contributed by atoms with van der Waals surface area (Å²) in [6.45, 7) is 2.91. The van der Waals surface area contributed by atoms with Gasteiger partial charge in [0, 0.05) is 7.11 Å². The lowest BCUT2D eigenvalue weighted by Crippen LogP contribution is -2.10. The van der Waals surface area contributed by atoms with E-state index in [1.807, 2.05) is 22.8 Å². The monoisotopic (exact) mass is 313 g/mol. The molecule has 1 aromatic carbocycles. The minimum Gasteiger partial charge on any atom is -0.461 e. The molecule has 0 aliphatic heterocycles. The van der Waals surface area contributed by atoms with Gasteiger partial charge >= 0.3 is 6.01 Å². The molecule has 1 unspecified atom stereocenters. The first-order valence-electron chi connectivity index (χ1n) is 7.37. The Bertz CT molecular complexity index is 788. The van der Waals surface area contributed by atoms with Gasteiger partial charge in [-0.15, -0.1) is 0 Å². The van der Waals surface area contributed by atoms with E-state index in [1.54, 1.807) is 13.4 Å². The van der Waals surface area contributed by atoms with Gasteiger partial charge in [-0.3, -0.25) is 0 Å². The third-order valence-corrected chi connectivity index (χ3v) is 3.65. The highest BCUT2D eigenvalue weighted by molar-refractivity contribution is 5.82. The van der Waals surface area contributed by atoms with Gasteiger partial charge < -0.3 is 19.8 Å². The molecule has 2 heterocycles. The summed E-state index contributed by atoms with van der Waals surface area (Å²) < 4.78 is 12.4. The molecule has 3 rings (SSSR count). The average molecular weight is 313 g/mol. The second-order valence-electron chi connectivity index (χ2n) is 5.14.